The van der Waals surface area contributed by atoms with Gasteiger partial charge < -0.3 is 14.8 Å². The lowest BCUT2D eigenvalue weighted by Gasteiger charge is -2.11. The quantitative estimate of drug-likeness (QED) is 0.196. The number of halogens is 2. The number of aromatic nitrogens is 1. The molecule has 7 nitrogen and oxygen atoms in total. The summed E-state index contributed by atoms with van der Waals surface area (Å²) in [6.45, 7) is 3.52. The molecule has 2 heterocycles. The number of esters is 1. The Morgan fingerprint density at radius 1 is 1.17 bits per heavy atom. The number of benzene rings is 2. The SMILES string of the molecule is CCOC(=O)c1[nH]c2cc(Cl)c(S(=O)(=O)c3ccc(C)cc3)c(Cl)c2c1/C=C(\C(=O)O)c1cccs1. The number of carbonyl (C=O) groups is 2. The number of rotatable bonds is 7. The average Bonchev–Trinajstić information content (AvgIpc) is 3.45. The molecule has 186 valence electrons. The molecule has 0 aliphatic rings. The highest BCUT2D eigenvalue weighted by Gasteiger charge is 2.30. The van der Waals surface area contributed by atoms with Crippen LogP contribution in [0.4, 0.5) is 0 Å². The maximum Gasteiger partial charge on any atom is 0.355 e. The van der Waals surface area contributed by atoms with Gasteiger partial charge in [-0.3, -0.25) is 0 Å². The van der Waals surface area contributed by atoms with Gasteiger partial charge in [-0.25, -0.2) is 18.0 Å². The van der Waals surface area contributed by atoms with Crippen LogP contribution in [0.5, 0.6) is 0 Å². The van der Waals surface area contributed by atoms with Crippen molar-refractivity contribution in [2.45, 2.75) is 23.6 Å². The highest BCUT2D eigenvalue weighted by Crippen LogP contribution is 2.42. The van der Waals surface area contributed by atoms with Gasteiger partial charge in [0, 0.05) is 21.3 Å². The molecule has 4 aromatic rings. The van der Waals surface area contributed by atoms with Gasteiger partial charge >= 0.3 is 11.9 Å². The first-order valence-corrected chi connectivity index (χ1v) is 13.7. The molecule has 0 aliphatic carbocycles. The molecular formula is C25H19Cl2NO6S2. The molecule has 0 atom stereocenters. The minimum atomic E-state index is -4.16. The molecule has 0 radical (unpaired) electrons. The van der Waals surface area contributed by atoms with E-state index in [-0.39, 0.29) is 54.2 Å². The number of hydrogen-bond acceptors (Lipinski definition) is 6. The fraction of sp³-hybridized carbons (Fsp3) is 0.120. The molecule has 11 heteroatoms. The topological polar surface area (TPSA) is 114 Å². The van der Waals surface area contributed by atoms with Gasteiger partial charge in [0.05, 0.1) is 27.1 Å². The van der Waals surface area contributed by atoms with E-state index in [1.54, 1.807) is 36.6 Å². The molecule has 36 heavy (non-hydrogen) atoms. The van der Waals surface area contributed by atoms with Crippen molar-refractivity contribution >= 4 is 78.9 Å². The van der Waals surface area contributed by atoms with Gasteiger partial charge in [-0.1, -0.05) is 47.0 Å². The van der Waals surface area contributed by atoms with Gasteiger partial charge in [0.25, 0.3) is 0 Å². The molecule has 2 aromatic heterocycles. The maximum absolute atomic E-state index is 13.5. The summed E-state index contributed by atoms with van der Waals surface area (Å²) in [6, 6.07) is 10.8. The van der Waals surface area contributed by atoms with Crippen molar-refractivity contribution in [2.24, 2.45) is 0 Å². The van der Waals surface area contributed by atoms with Gasteiger partial charge in [0.1, 0.15) is 10.6 Å². The van der Waals surface area contributed by atoms with Crippen molar-refractivity contribution < 1.29 is 27.9 Å². The van der Waals surface area contributed by atoms with Crippen molar-refractivity contribution in [1.82, 2.24) is 4.98 Å². The number of thiophene rings is 1. The van der Waals surface area contributed by atoms with Crippen LogP contribution in [0.15, 0.2) is 57.6 Å². The van der Waals surface area contributed by atoms with Crippen LogP contribution in [0.1, 0.15) is 33.4 Å². The number of carboxylic acids is 1. The molecule has 0 amide bonds. The summed E-state index contributed by atoms with van der Waals surface area (Å²) in [5.74, 6) is -2.00. The molecule has 0 bridgehead atoms. The Kier molecular flexibility index (Phi) is 7.28. The minimum absolute atomic E-state index is 0.0145. The van der Waals surface area contributed by atoms with Crippen LogP contribution in [-0.4, -0.2) is 37.1 Å². The minimum Gasteiger partial charge on any atom is -0.478 e. The fourth-order valence-electron chi connectivity index (χ4n) is 3.69. The molecule has 0 aliphatic heterocycles. The summed E-state index contributed by atoms with van der Waals surface area (Å²) in [5.41, 5.74) is 1.01. The van der Waals surface area contributed by atoms with Crippen LogP contribution >= 0.6 is 34.5 Å². The van der Waals surface area contributed by atoms with Crippen molar-refractivity contribution in [3.05, 3.63) is 79.6 Å². The number of ether oxygens (including phenoxy) is 1. The van der Waals surface area contributed by atoms with E-state index >= 15 is 0 Å². The number of hydrogen-bond donors (Lipinski definition) is 2. The van der Waals surface area contributed by atoms with Crippen LogP contribution in [0, 0.1) is 6.92 Å². The lowest BCUT2D eigenvalue weighted by atomic mass is 10.1. The summed E-state index contributed by atoms with van der Waals surface area (Å²) in [5, 5.41) is 11.3. The molecule has 0 unspecified atom stereocenters. The zero-order chi connectivity index (χ0) is 26.2. The van der Waals surface area contributed by atoms with E-state index < -0.39 is 21.8 Å². The zero-order valence-electron chi connectivity index (χ0n) is 19.0. The van der Waals surface area contributed by atoms with Crippen LogP contribution in [0.3, 0.4) is 0 Å². The predicted molar refractivity (Wildman–Crippen MR) is 141 cm³/mol. The van der Waals surface area contributed by atoms with Crippen molar-refractivity contribution in [3.8, 4) is 0 Å². The standard InChI is InChI=1S/C25H19Cl2NO6S2/c1-3-34-25(31)22-16(11-15(24(29)30)19-5-4-10-35-19)20-18(28-22)12-17(26)23(21(20)27)36(32,33)14-8-6-13(2)7-9-14/h4-12,28H,3H2,1-2H3,(H,29,30)/b15-11-. The Bertz CT molecular complexity index is 1620. The molecule has 2 aromatic carbocycles. The number of fused-ring (bicyclic) bond motifs is 1. The van der Waals surface area contributed by atoms with Crippen LogP contribution in [-0.2, 0) is 19.4 Å². The first-order chi connectivity index (χ1) is 17.1. The highest BCUT2D eigenvalue weighted by molar-refractivity contribution is 7.91. The summed E-state index contributed by atoms with van der Waals surface area (Å²) in [4.78, 5) is 27.8. The molecule has 2 N–H and O–H groups in total. The second-order valence-corrected chi connectivity index (χ2v) is 11.3. The van der Waals surface area contributed by atoms with Gasteiger partial charge in [0.2, 0.25) is 9.84 Å². The van der Waals surface area contributed by atoms with Gasteiger partial charge in [0.15, 0.2) is 0 Å². The van der Waals surface area contributed by atoms with E-state index in [1.807, 2.05) is 6.92 Å². The predicted octanol–water partition coefficient (Wildman–Crippen LogP) is 6.48. The van der Waals surface area contributed by atoms with Gasteiger partial charge in [-0.05, 0) is 49.6 Å². The van der Waals surface area contributed by atoms with E-state index in [9.17, 15) is 23.1 Å². The van der Waals surface area contributed by atoms with Crippen molar-refractivity contribution in [1.29, 1.82) is 0 Å². The molecule has 0 fully saturated rings. The summed E-state index contributed by atoms with van der Waals surface area (Å²) in [6.07, 6.45) is 1.28. The van der Waals surface area contributed by atoms with Crippen LogP contribution in [0.2, 0.25) is 10.0 Å². The average molecular weight is 564 g/mol. The van der Waals surface area contributed by atoms with Gasteiger partial charge in [-0.15, -0.1) is 11.3 Å². The number of aromatic amines is 1. The largest absolute Gasteiger partial charge is 0.478 e. The van der Waals surface area contributed by atoms with E-state index in [4.69, 9.17) is 27.9 Å². The molecule has 0 saturated carbocycles. The number of sulfone groups is 1. The first-order valence-electron chi connectivity index (χ1n) is 10.6. The monoisotopic (exact) mass is 563 g/mol. The Labute approximate surface area is 220 Å². The van der Waals surface area contributed by atoms with E-state index in [0.29, 0.717) is 4.88 Å². The third-order valence-electron chi connectivity index (χ3n) is 5.36. The second kappa shape index (κ2) is 10.1. The fourth-order valence-corrected chi connectivity index (χ4v) is 6.98. The third kappa shape index (κ3) is 4.67. The second-order valence-electron chi connectivity index (χ2n) is 7.72. The van der Waals surface area contributed by atoms with Gasteiger partial charge in [-0.2, -0.15) is 0 Å². The van der Waals surface area contributed by atoms with E-state index in [0.717, 1.165) is 5.56 Å². The lowest BCUT2D eigenvalue weighted by Crippen LogP contribution is -2.07. The normalized spacial score (nSPS) is 12.2. The smallest absolute Gasteiger partial charge is 0.355 e. The number of carbonyl (C=O) groups excluding carboxylic acids is 1. The first kappa shape index (κ1) is 26.0. The van der Waals surface area contributed by atoms with Crippen molar-refractivity contribution in [2.75, 3.05) is 6.61 Å². The zero-order valence-corrected chi connectivity index (χ0v) is 22.1. The highest BCUT2D eigenvalue weighted by atomic mass is 35.5. The lowest BCUT2D eigenvalue weighted by molar-refractivity contribution is -0.130. The Morgan fingerprint density at radius 2 is 1.86 bits per heavy atom. The number of carboxylic acid groups (broad SMARTS) is 1. The molecular weight excluding hydrogens is 545 g/mol. The Morgan fingerprint density at radius 3 is 2.44 bits per heavy atom. The third-order valence-corrected chi connectivity index (χ3v) is 9.02. The molecule has 4 rings (SSSR count). The van der Waals surface area contributed by atoms with Crippen LogP contribution in [0.25, 0.3) is 22.6 Å². The summed E-state index contributed by atoms with van der Waals surface area (Å²) < 4.78 is 32.2. The van der Waals surface area contributed by atoms with Crippen molar-refractivity contribution in [3.63, 3.8) is 0 Å². The van der Waals surface area contributed by atoms with Crippen LogP contribution < -0.4 is 0 Å². The number of H-pyrrole nitrogens is 1. The maximum atomic E-state index is 13.5. The van der Waals surface area contributed by atoms with E-state index in [2.05, 4.69) is 4.98 Å². The number of aryl methyl sites for hydroxylation is 1. The molecule has 0 spiro atoms. The molecule has 0 saturated heterocycles. The Hall–Kier alpha value is -3.11. The summed E-state index contributed by atoms with van der Waals surface area (Å²) in [7, 11) is -4.16. The number of aliphatic carboxylic acids is 1. The Balaban J connectivity index is 2.07. The number of nitrogens with one attached hydrogen (secondary N) is 1. The summed E-state index contributed by atoms with van der Waals surface area (Å²) >= 11 is 14.3. The van der Waals surface area contributed by atoms with E-state index in [1.165, 1.54) is 35.6 Å².